The summed E-state index contributed by atoms with van der Waals surface area (Å²) in [7, 11) is 0. The van der Waals surface area contributed by atoms with E-state index in [-0.39, 0.29) is 18.1 Å². The zero-order chi connectivity index (χ0) is 12.1. The maximum Gasteiger partial charge on any atom is 0.230 e. The molecule has 1 amide bonds. The number of thiophene rings is 1. The van der Waals surface area contributed by atoms with Crippen molar-refractivity contribution in [3.8, 4) is 0 Å². The topological polar surface area (TPSA) is 49.3 Å². The molecule has 1 aliphatic carbocycles. The van der Waals surface area contributed by atoms with Crippen LogP contribution in [0.5, 0.6) is 0 Å². The van der Waals surface area contributed by atoms with Crippen LogP contribution in [-0.4, -0.2) is 28.9 Å². The molecule has 1 aliphatic rings. The van der Waals surface area contributed by atoms with Crippen molar-refractivity contribution in [1.82, 2.24) is 5.32 Å². The van der Waals surface area contributed by atoms with Crippen LogP contribution in [0.15, 0.2) is 21.7 Å². The number of hydrogen-bond donors (Lipinski definition) is 2. The number of amides is 1. The lowest BCUT2D eigenvalue weighted by molar-refractivity contribution is -0.121. The third-order valence-corrected chi connectivity index (χ3v) is 5.24. The highest BCUT2D eigenvalue weighted by Gasteiger charge is 2.34. The highest BCUT2D eigenvalue weighted by Crippen LogP contribution is 2.29. The van der Waals surface area contributed by atoms with Crippen molar-refractivity contribution in [3.63, 3.8) is 0 Å². The molecular weight excluding hydrogens is 254 g/mol. The van der Waals surface area contributed by atoms with E-state index in [0.717, 1.165) is 29.9 Å². The van der Waals surface area contributed by atoms with Crippen LogP contribution < -0.4 is 5.32 Å². The average Bonchev–Trinajstić information content (AvgIpc) is 2.98. The first-order valence-electron chi connectivity index (χ1n) is 5.82. The van der Waals surface area contributed by atoms with Gasteiger partial charge in [-0.05, 0) is 24.3 Å². The van der Waals surface area contributed by atoms with Gasteiger partial charge in [-0.15, -0.1) is 23.1 Å². The Morgan fingerprint density at radius 2 is 2.29 bits per heavy atom. The molecule has 0 unspecified atom stereocenters. The van der Waals surface area contributed by atoms with E-state index in [1.54, 1.807) is 23.1 Å². The lowest BCUT2D eigenvalue weighted by Gasteiger charge is -2.27. The first-order chi connectivity index (χ1) is 8.24. The van der Waals surface area contributed by atoms with E-state index in [2.05, 4.69) is 5.32 Å². The van der Waals surface area contributed by atoms with Crippen LogP contribution >= 0.6 is 23.1 Å². The van der Waals surface area contributed by atoms with Crippen molar-refractivity contribution in [3.05, 3.63) is 17.5 Å². The summed E-state index contributed by atoms with van der Waals surface area (Å²) >= 11 is 3.20. The highest BCUT2D eigenvalue weighted by molar-refractivity contribution is 8.01. The van der Waals surface area contributed by atoms with Gasteiger partial charge in [0, 0.05) is 0 Å². The molecule has 94 valence electrons. The predicted molar refractivity (Wildman–Crippen MR) is 71.5 cm³/mol. The van der Waals surface area contributed by atoms with E-state index in [0.29, 0.717) is 5.75 Å². The second-order valence-corrected chi connectivity index (χ2v) is 6.64. The van der Waals surface area contributed by atoms with Crippen LogP contribution in [0.2, 0.25) is 0 Å². The Kier molecular flexibility index (Phi) is 4.48. The monoisotopic (exact) mass is 271 g/mol. The van der Waals surface area contributed by atoms with Crippen LogP contribution in [0, 0.1) is 0 Å². The van der Waals surface area contributed by atoms with Crippen molar-refractivity contribution in [2.45, 2.75) is 35.4 Å². The second kappa shape index (κ2) is 5.89. The van der Waals surface area contributed by atoms with E-state index in [1.807, 2.05) is 17.5 Å². The van der Waals surface area contributed by atoms with E-state index in [4.69, 9.17) is 0 Å². The van der Waals surface area contributed by atoms with E-state index in [1.165, 1.54) is 0 Å². The third kappa shape index (κ3) is 3.47. The van der Waals surface area contributed by atoms with Gasteiger partial charge in [0.2, 0.25) is 5.91 Å². The summed E-state index contributed by atoms with van der Waals surface area (Å²) in [5.41, 5.74) is -0.340. The molecular formula is C12H17NO2S2. The maximum absolute atomic E-state index is 11.8. The van der Waals surface area contributed by atoms with E-state index < -0.39 is 0 Å². The molecule has 1 fully saturated rings. The largest absolute Gasteiger partial charge is 0.394 e. The van der Waals surface area contributed by atoms with Gasteiger partial charge in [0.25, 0.3) is 0 Å². The minimum atomic E-state index is -0.340. The van der Waals surface area contributed by atoms with Crippen molar-refractivity contribution in [1.29, 1.82) is 0 Å². The Morgan fingerprint density at radius 1 is 1.53 bits per heavy atom. The molecule has 0 atom stereocenters. The fourth-order valence-electron chi connectivity index (χ4n) is 2.19. The fraction of sp³-hybridized carbons (Fsp3) is 0.583. The van der Waals surface area contributed by atoms with Crippen LogP contribution in [0.25, 0.3) is 0 Å². The molecule has 1 aromatic heterocycles. The number of carbonyl (C=O) groups excluding carboxylic acids is 1. The number of rotatable bonds is 5. The smallest absolute Gasteiger partial charge is 0.230 e. The highest BCUT2D eigenvalue weighted by atomic mass is 32.2. The molecule has 17 heavy (non-hydrogen) atoms. The van der Waals surface area contributed by atoms with Crippen LogP contribution in [-0.2, 0) is 4.79 Å². The number of aliphatic hydroxyl groups excluding tert-OH is 1. The molecule has 0 saturated heterocycles. The summed E-state index contributed by atoms with van der Waals surface area (Å²) in [6.07, 6.45) is 4.00. The quantitative estimate of drug-likeness (QED) is 0.808. The van der Waals surface area contributed by atoms with Gasteiger partial charge in [-0.3, -0.25) is 4.79 Å². The zero-order valence-electron chi connectivity index (χ0n) is 9.65. The van der Waals surface area contributed by atoms with Crippen molar-refractivity contribution in [2.75, 3.05) is 12.4 Å². The van der Waals surface area contributed by atoms with Crippen molar-refractivity contribution >= 4 is 29.0 Å². The Hall–Kier alpha value is -0.520. The minimum Gasteiger partial charge on any atom is -0.394 e. The summed E-state index contributed by atoms with van der Waals surface area (Å²) in [5.74, 6) is 0.460. The first kappa shape index (κ1) is 12.9. The van der Waals surface area contributed by atoms with Gasteiger partial charge >= 0.3 is 0 Å². The Labute approximate surface area is 110 Å². The number of thioether (sulfide) groups is 1. The van der Waals surface area contributed by atoms with E-state index >= 15 is 0 Å². The molecule has 0 spiro atoms. The maximum atomic E-state index is 11.8. The summed E-state index contributed by atoms with van der Waals surface area (Å²) in [6.45, 7) is 0.0579. The van der Waals surface area contributed by atoms with Crippen molar-refractivity contribution < 1.29 is 9.90 Å². The summed E-state index contributed by atoms with van der Waals surface area (Å²) in [6, 6.07) is 4.00. The molecule has 2 rings (SSSR count). The predicted octanol–water partition coefficient (Wildman–Crippen LogP) is 2.26. The third-order valence-electron chi connectivity index (χ3n) is 3.11. The van der Waals surface area contributed by atoms with Crippen LogP contribution in [0.3, 0.4) is 0 Å². The molecule has 0 radical (unpaired) electrons. The van der Waals surface area contributed by atoms with Gasteiger partial charge in [0.1, 0.15) is 0 Å². The Bertz CT molecular complexity index is 359. The molecule has 0 bridgehead atoms. The number of aliphatic hydroxyl groups is 1. The van der Waals surface area contributed by atoms with Gasteiger partial charge in [-0.2, -0.15) is 0 Å². The number of nitrogens with one attached hydrogen (secondary N) is 1. The van der Waals surface area contributed by atoms with Gasteiger partial charge in [0.15, 0.2) is 0 Å². The second-order valence-electron chi connectivity index (χ2n) is 4.41. The van der Waals surface area contributed by atoms with Gasteiger partial charge in [-0.1, -0.05) is 18.9 Å². The SMILES string of the molecule is O=C(CSc1cccs1)NC1(CO)CCCC1. The number of carbonyl (C=O) groups is 1. The zero-order valence-corrected chi connectivity index (χ0v) is 11.3. The Morgan fingerprint density at radius 3 is 2.88 bits per heavy atom. The minimum absolute atomic E-state index is 0.0272. The van der Waals surface area contributed by atoms with Crippen LogP contribution in [0.4, 0.5) is 0 Å². The molecule has 2 N–H and O–H groups in total. The molecule has 3 nitrogen and oxygen atoms in total. The standard InChI is InChI=1S/C12H17NO2S2/c14-9-12(5-1-2-6-12)13-10(15)8-17-11-4-3-7-16-11/h3-4,7,14H,1-2,5-6,8-9H2,(H,13,15). The molecule has 5 heteroatoms. The van der Waals surface area contributed by atoms with Crippen molar-refractivity contribution in [2.24, 2.45) is 0 Å². The molecule has 1 saturated carbocycles. The Balaban J connectivity index is 1.80. The lowest BCUT2D eigenvalue weighted by Crippen LogP contribution is -2.49. The van der Waals surface area contributed by atoms with Gasteiger partial charge < -0.3 is 10.4 Å². The van der Waals surface area contributed by atoms with Gasteiger partial charge in [0.05, 0.1) is 22.1 Å². The molecule has 1 heterocycles. The summed E-state index contributed by atoms with van der Waals surface area (Å²) < 4.78 is 1.16. The molecule has 0 aliphatic heterocycles. The average molecular weight is 271 g/mol. The fourth-order valence-corrected chi connectivity index (χ4v) is 3.77. The lowest BCUT2D eigenvalue weighted by atomic mass is 9.99. The van der Waals surface area contributed by atoms with E-state index in [9.17, 15) is 9.90 Å². The summed E-state index contributed by atoms with van der Waals surface area (Å²) in [5, 5.41) is 14.4. The summed E-state index contributed by atoms with van der Waals surface area (Å²) in [4.78, 5) is 11.8. The van der Waals surface area contributed by atoms with Gasteiger partial charge in [-0.25, -0.2) is 0 Å². The molecule has 1 aromatic rings. The molecule has 0 aromatic carbocycles. The van der Waals surface area contributed by atoms with Crippen LogP contribution in [0.1, 0.15) is 25.7 Å². The number of hydrogen-bond acceptors (Lipinski definition) is 4. The first-order valence-corrected chi connectivity index (χ1v) is 7.69. The normalized spacial score (nSPS) is 18.2.